The third-order valence-corrected chi connectivity index (χ3v) is 2.20. The van der Waals surface area contributed by atoms with Crippen molar-refractivity contribution in [3.05, 3.63) is 41.5 Å². The Morgan fingerprint density at radius 2 is 2.23 bits per heavy atom. The molecule has 0 atom stereocenters. The zero-order valence-corrected chi connectivity index (χ0v) is 8.25. The normalized spacial score (nSPS) is 11.7. The first-order valence-corrected chi connectivity index (χ1v) is 4.68. The molecule has 1 aromatic rings. The predicted molar refractivity (Wildman–Crippen MR) is 55.9 cm³/mol. The van der Waals surface area contributed by atoms with Crippen LogP contribution < -0.4 is 0 Å². The van der Waals surface area contributed by atoms with Gasteiger partial charge in [-0.3, -0.25) is 0 Å². The van der Waals surface area contributed by atoms with Gasteiger partial charge in [-0.15, -0.1) is 0 Å². The topological polar surface area (TPSA) is 20.2 Å². The third kappa shape index (κ3) is 2.94. The Morgan fingerprint density at radius 3 is 2.77 bits per heavy atom. The van der Waals surface area contributed by atoms with E-state index in [9.17, 15) is 5.11 Å². The molecule has 0 aromatic heterocycles. The Bertz CT molecular complexity index is 300. The Morgan fingerprint density at radius 1 is 1.46 bits per heavy atom. The van der Waals surface area contributed by atoms with Crippen molar-refractivity contribution in [3.8, 4) is 5.75 Å². The van der Waals surface area contributed by atoms with Crippen molar-refractivity contribution in [1.29, 1.82) is 0 Å². The van der Waals surface area contributed by atoms with E-state index in [-0.39, 0.29) is 0 Å². The maximum atomic E-state index is 9.25. The highest BCUT2D eigenvalue weighted by Gasteiger charge is 1.97. The molecular formula is C12H16O. The lowest BCUT2D eigenvalue weighted by Gasteiger charge is -2.04. The van der Waals surface area contributed by atoms with Crippen LogP contribution >= 0.6 is 0 Å². The van der Waals surface area contributed by atoms with Gasteiger partial charge in [0.2, 0.25) is 0 Å². The van der Waals surface area contributed by atoms with Gasteiger partial charge in [0.1, 0.15) is 5.75 Å². The van der Waals surface area contributed by atoms with Crippen molar-refractivity contribution >= 4 is 0 Å². The summed E-state index contributed by atoms with van der Waals surface area (Å²) in [6.07, 6.45) is 4.16. The van der Waals surface area contributed by atoms with E-state index in [4.69, 9.17) is 0 Å². The van der Waals surface area contributed by atoms with Gasteiger partial charge in [0.25, 0.3) is 0 Å². The minimum atomic E-state index is 0.351. The van der Waals surface area contributed by atoms with Crippen LogP contribution in [0.1, 0.15) is 25.8 Å². The van der Waals surface area contributed by atoms with E-state index in [0.717, 1.165) is 12.8 Å². The van der Waals surface area contributed by atoms with Gasteiger partial charge in [-0.25, -0.2) is 0 Å². The smallest absolute Gasteiger partial charge is 0.115 e. The molecule has 0 amide bonds. The fraction of sp³-hybridized carbons (Fsp3) is 0.333. The molecule has 0 fully saturated rings. The van der Waals surface area contributed by atoms with Gasteiger partial charge in [-0.05, 0) is 37.5 Å². The van der Waals surface area contributed by atoms with Crippen molar-refractivity contribution in [2.24, 2.45) is 0 Å². The lowest BCUT2D eigenvalue weighted by molar-refractivity contribution is 0.474. The van der Waals surface area contributed by atoms with Crippen LogP contribution in [0.2, 0.25) is 0 Å². The molecule has 0 bridgehead atoms. The summed E-state index contributed by atoms with van der Waals surface area (Å²) in [5, 5.41) is 9.25. The molecule has 0 unspecified atom stereocenters. The second-order valence-corrected chi connectivity index (χ2v) is 3.15. The van der Waals surface area contributed by atoms with E-state index in [1.807, 2.05) is 18.2 Å². The van der Waals surface area contributed by atoms with Crippen molar-refractivity contribution in [1.82, 2.24) is 0 Å². The van der Waals surface area contributed by atoms with Crippen LogP contribution in [0.25, 0.3) is 0 Å². The average Bonchev–Trinajstić information content (AvgIpc) is 2.14. The summed E-state index contributed by atoms with van der Waals surface area (Å²) in [6.45, 7) is 4.21. The molecule has 0 spiro atoms. The summed E-state index contributed by atoms with van der Waals surface area (Å²) in [5.74, 6) is 0.351. The van der Waals surface area contributed by atoms with Gasteiger partial charge < -0.3 is 5.11 Å². The molecule has 0 saturated carbocycles. The minimum absolute atomic E-state index is 0.351. The quantitative estimate of drug-likeness (QED) is 0.701. The van der Waals surface area contributed by atoms with Crippen LogP contribution in [-0.4, -0.2) is 5.11 Å². The summed E-state index contributed by atoms with van der Waals surface area (Å²) in [6, 6.07) is 7.44. The highest BCUT2D eigenvalue weighted by molar-refractivity contribution is 5.30. The number of phenolic OH excluding ortho intramolecular Hbond substituents is 1. The Kier molecular flexibility index (Phi) is 3.56. The lowest BCUT2D eigenvalue weighted by atomic mass is 10.0. The van der Waals surface area contributed by atoms with E-state index in [1.54, 1.807) is 6.07 Å². The summed E-state index contributed by atoms with van der Waals surface area (Å²) < 4.78 is 0. The Balaban J connectivity index is 2.74. The molecule has 0 aliphatic heterocycles. The van der Waals surface area contributed by atoms with Gasteiger partial charge in [0.05, 0.1) is 0 Å². The number of hydrogen-bond acceptors (Lipinski definition) is 1. The molecule has 1 heteroatoms. The summed E-state index contributed by atoms with van der Waals surface area (Å²) in [4.78, 5) is 0. The highest BCUT2D eigenvalue weighted by atomic mass is 16.3. The molecule has 13 heavy (non-hydrogen) atoms. The van der Waals surface area contributed by atoms with Gasteiger partial charge in [-0.2, -0.15) is 0 Å². The monoisotopic (exact) mass is 176 g/mol. The molecule has 1 aromatic carbocycles. The van der Waals surface area contributed by atoms with Crippen LogP contribution in [0.15, 0.2) is 35.9 Å². The van der Waals surface area contributed by atoms with Crippen LogP contribution in [0.5, 0.6) is 5.75 Å². The van der Waals surface area contributed by atoms with Gasteiger partial charge in [0, 0.05) is 0 Å². The SMILES string of the molecule is C/C=C(\CC)Cc1cccc(O)c1. The average molecular weight is 176 g/mol. The largest absolute Gasteiger partial charge is 0.508 e. The van der Waals surface area contributed by atoms with E-state index in [2.05, 4.69) is 19.9 Å². The van der Waals surface area contributed by atoms with E-state index < -0.39 is 0 Å². The second-order valence-electron chi connectivity index (χ2n) is 3.15. The standard InChI is InChI=1S/C12H16O/c1-3-10(4-2)8-11-6-5-7-12(13)9-11/h3,5-7,9,13H,4,8H2,1-2H3/b10-3+. The number of rotatable bonds is 3. The van der Waals surface area contributed by atoms with E-state index >= 15 is 0 Å². The highest BCUT2D eigenvalue weighted by Crippen LogP contribution is 2.15. The molecule has 1 rings (SSSR count). The van der Waals surface area contributed by atoms with E-state index in [0.29, 0.717) is 5.75 Å². The fourth-order valence-electron chi connectivity index (χ4n) is 1.36. The number of aromatic hydroxyl groups is 1. The van der Waals surface area contributed by atoms with Gasteiger partial charge in [-0.1, -0.05) is 30.7 Å². The molecular weight excluding hydrogens is 160 g/mol. The van der Waals surface area contributed by atoms with Crippen molar-refractivity contribution in [2.45, 2.75) is 26.7 Å². The molecule has 0 aliphatic carbocycles. The first-order valence-electron chi connectivity index (χ1n) is 4.68. The summed E-state index contributed by atoms with van der Waals surface area (Å²) in [7, 11) is 0. The first kappa shape index (κ1) is 9.85. The molecule has 0 saturated heterocycles. The summed E-state index contributed by atoms with van der Waals surface area (Å²) in [5.41, 5.74) is 2.58. The first-order chi connectivity index (χ1) is 6.26. The molecule has 70 valence electrons. The van der Waals surface area contributed by atoms with Gasteiger partial charge >= 0.3 is 0 Å². The van der Waals surface area contributed by atoms with Crippen LogP contribution in [0, 0.1) is 0 Å². The van der Waals surface area contributed by atoms with E-state index in [1.165, 1.54) is 11.1 Å². The Labute approximate surface area is 79.7 Å². The molecule has 0 aliphatic rings. The maximum absolute atomic E-state index is 9.25. The number of hydrogen-bond donors (Lipinski definition) is 1. The molecule has 1 nitrogen and oxygen atoms in total. The second kappa shape index (κ2) is 4.70. The zero-order valence-electron chi connectivity index (χ0n) is 8.25. The van der Waals surface area contributed by atoms with Crippen molar-refractivity contribution in [2.75, 3.05) is 0 Å². The number of phenols is 1. The molecule has 0 heterocycles. The molecule has 1 N–H and O–H groups in total. The van der Waals surface area contributed by atoms with Crippen LogP contribution in [-0.2, 0) is 6.42 Å². The van der Waals surface area contributed by atoms with Crippen molar-refractivity contribution in [3.63, 3.8) is 0 Å². The van der Waals surface area contributed by atoms with Crippen LogP contribution in [0.3, 0.4) is 0 Å². The maximum Gasteiger partial charge on any atom is 0.115 e. The minimum Gasteiger partial charge on any atom is -0.508 e. The van der Waals surface area contributed by atoms with Gasteiger partial charge in [0.15, 0.2) is 0 Å². The third-order valence-electron chi connectivity index (χ3n) is 2.20. The fourth-order valence-corrected chi connectivity index (χ4v) is 1.36. The van der Waals surface area contributed by atoms with Crippen molar-refractivity contribution < 1.29 is 5.11 Å². The predicted octanol–water partition coefficient (Wildman–Crippen LogP) is 3.29. The summed E-state index contributed by atoms with van der Waals surface area (Å²) >= 11 is 0. The number of benzene rings is 1. The number of allylic oxidation sites excluding steroid dienone is 2. The zero-order chi connectivity index (χ0) is 9.68. The van der Waals surface area contributed by atoms with Crippen LogP contribution in [0.4, 0.5) is 0 Å². The lowest BCUT2D eigenvalue weighted by Crippen LogP contribution is -1.88. The Hall–Kier alpha value is -1.24. The molecule has 0 radical (unpaired) electrons.